The van der Waals surface area contributed by atoms with Gasteiger partial charge in [0.05, 0.1) is 6.04 Å². The number of carboxylic acids is 2. The Labute approximate surface area is 205 Å². The van der Waals surface area contributed by atoms with E-state index in [0.717, 1.165) is 24.0 Å². The molecular formula is C25H37N3O7. The number of primary amides is 1. The van der Waals surface area contributed by atoms with E-state index in [-0.39, 0.29) is 18.8 Å². The summed E-state index contributed by atoms with van der Waals surface area (Å²) in [6.07, 6.45) is 2.97. The second kappa shape index (κ2) is 13.9. The molecule has 1 aliphatic carbocycles. The van der Waals surface area contributed by atoms with Crippen molar-refractivity contribution in [1.29, 1.82) is 0 Å². The number of aliphatic hydroxyl groups excluding tert-OH is 2. The van der Waals surface area contributed by atoms with Crippen LogP contribution in [0.3, 0.4) is 0 Å². The number of hydrogen-bond donors (Lipinski definition) is 7. The highest BCUT2D eigenvalue weighted by Crippen LogP contribution is 2.33. The highest BCUT2D eigenvalue weighted by Gasteiger charge is 2.26. The first-order valence-corrected chi connectivity index (χ1v) is 12.0. The average molecular weight is 492 g/mol. The van der Waals surface area contributed by atoms with E-state index in [9.17, 15) is 29.7 Å². The summed E-state index contributed by atoms with van der Waals surface area (Å²) in [5.74, 6) is -2.50. The largest absolute Gasteiger partial charge is 0.481 e. The Bertz CT molecular complexity index is 888. The number of allylic oxidation sites excluding steroid dienone is 1. The molecule has 0 bridgehead atoms. The Morgan fingerprint density at radius 2 is 1.77 bits per heavy atom. The zero-order valence-electron chi connectivity index (χ0n) is 20.0. The number of carbonyl (C=O) groups is 3. The molecule has 8 N–H and O–H groups in total. The van der Waals surface area contributed by atoms with Crippen LogP contribution in [-0.4, -0.2) is 62.8 Å². The number of benzene rings is 1. The van der Waals surface area contributed by atoms with E-state index in [0.29, 0.717) is 31.3 Å². The zero-order valence-corrected chi connectivity index (χ0v) is 20.0. The van der Waals surface area contributed by atoms with Crippen molar-refractivity contribution in [2.45, 2.75) is 88.7 Å². The van der Waals surface area contributed by atoms with Crippen molar-refractivity contribution < 1.29 is 34.8 Å². The summed E-state index contributed by atoms with van der Waals surface area (Å²) in [5.41, 5.74) is 7.89. The Morgan fingerprint density at radius 1 is 1.09 bits per heavy atom. The van der Waals surface area contributed by atoms with Crippen molar-refractivity contribution in [3.63, 3.8) is 0 Å². The number of nitrogens with two attached hydrogens (primary N) is 1. The lowest BCUT2D eigenvalue weighted by Crippen LogP contribution is -2.56. The lowest BCUT2D eigenvalue weighted by atomic mass is 9.83. The normalized spacial score (nSPS) is 19.3. The minimum absolute atomic E-state index is 0.0501. The smallest absolute Gasteiger partial charge is 0.331 e. The van der Waals surface area contributed by atoms with E-state index < -0.39 is 42.4 Å². The molecule has 5 unspecified atom stereocenters. The minimum atomic E-state index is -1.21. The summed E-state index contributed by atoms with van der Waals surface area (Å²) in [4.78, 5) is 33.6. The predicted octanol–water partition coefficient (Wildman–Crippen LogP) is 1.21. The number of aryl methyl sites for hydroxylation is 1. The molecule has 0 saturated heterocycles. The molecular weight excluding hydrogens is 454 g/mol. The van der Waals surface area contributed by atoms with Gasteiger partial charge in [-0.1, -0.05) is 37.3 Å². The Kier molecular flexibility index (Phi) is 11.3. The highest BCUT2D eigenvalue weighted by atomic mass is 16.4. The number of carbonyl (C=O) groups excluding carboxylic acids is 1. The first-order chi connectivity index (χ1) is 16.6. The van der Waals surface area contributed by atoms with Gasteiger partial charge in [-0.15, -0.1) is 0 Å². The van der Waals surface area contributed by atoms with Crippen molar-refractivity contribution in [2.75, 3.05) is 0 Å². The second-order valence-electron chi connectivity index (χ2n) is 8.99. The van der Waals surface area contributed by atoms with E-state index >= 15 is 0 Å². The van der Waals surface area contributed by atoms with Gasteiger partial charge in [0.2, 0.25) is 5.91 Å². The SMILES string of the molecule is CCC(NC(O)CCc1ccc(C2CCC=C(C(=O)O)C2)cc1)C(O)NC(CCC(=O)O)C(N)=O. The maximum atomic E-state index is 11.6. The fourth-order valence-corrected chi connectivity index (χ4v) is 4.29. The third kappa shape index (κ3) is 9.41. The van der Waals surface area contributed by atoms with Crippen molar-refractivity contribution in [1.82, 2.24) is 10.6 Å². The molecule has 10 heteroatoms. The fourth-order valence-electron chi connectivity index (χ4n) is 4.29. The van der Waals surface area contributed by atoms with Gasteiger partial charge in [-0.2, -0.15) is 0 Å². The monoisotopic (exact) mass is 491 g/mol. The molecule has 10 nitrogen and oxygen atoms in total. The van der Waals surface area contributed by atoms with Crippen molar-refractivity contribution >= 4 is 17.8 Å². The van der Waals surface area contributed by atoms with Crippen LogP contribution in [-0.2, 0) is 20.8 Å². The molecule has 1 aliphatic rings. The Balaban J connectivity index is 1.84. The van der Waals surface area contributed by atoms with Crippen LogP contribution in [0.15, 0.2) is 35.9 Å². The maximum Gasteiger partial charge on any atom is 0.331 e. The van der Waals surface area contributed by atoms with Gasteiger partial charge in [0, 0.05) is 18.0 Å². The molecule has 0 heterocycles. The first kappa shape index (κ1) is 28.4. The summed E-state index contributed by atoms with van der Waals surface area (Å²) in [6.45, 7) is 1.81. The predicted molar refractivity (Wildman–Crippen MR) is 129 cm³/mol. The zero-order chi connectivity index (χ0) is 26.0. The third-order valence-electron chi connectivity index (χ3n) is 6.39. The quantitative estimate of drug-likeness (QED) is 0.177. The molecule has 1 amide bonds. The fraction of sp³-hybridized carbons (Fsp3) is 0.560. The maximum absolute atomic E-state index is 11.6. The molecule has 0 radical (unpaired) electrons. The van der Waals surface area contributed by atoms with Gasteiger partial charge in [-0.3, -0.25) is 20.2 Å². The summed E-state index contributed by atoms with van der Waals surface area (Å²) in [7, 11) is 0. The lowest BCUT2D eigenvalue weighted by Gasteiger charge is -2.29. The molecule has 0 spiro atoms. The third-order valence-corrected chi connectivity index (χ3v) is 6.39. The average Bonchev–Trinajstić information content (AvgIpc) is 2.83. The van der Waals surface area contributed by atoms with Gasteiger partial charge in [0.15, 0.2) is 0 Å². The van der Waals surface area contributed by atoms with E-state index in [1.807, 2.05) is 24.3 Å². The van der Waals surface area contributed by atoms with Gasteiger partial charge in [-0.25, -0.2) is 4.79 Å². The van der Waals surface area contributed by atoms with Gasteiger partial charge in [0.25, 0.3) is 0 Å². The van der Waals surface area contributed by atoms with E-state index in [4.69, 9.17) is 10.8 Å². The van der Waals surface area contributed by atoms with Crippen molar-refractivity contribution in [3.8, 4) is 0 Å². The second-order valence-corrected chi connectivity index (χ2v) is 8.99. The van der Waals surface area contributed by atoms with Crippen LogP contribution in [0, 0.1) is 0 Å². The topological polar surface area (TPSA) is 182 Å². The molecule has 35 heavy (non-hydrogen) atoms. The lowest BCUT2D eigenvalue weighted by molar-refractivity contribution is -0.137. The molecule has 0 saturated carbocycles. The van der Waals surface area contributed by atoms with Crippen LogP contribution in [0.2, 0.25) is 0 Å². The van der Waals surface area contributed by atoms with Crippen LogP contribution >= 0.6 is 0 Å². The molecule has 1 aromatic carbocycles. The number of carboxylic acid groups (broad SMARTS) is 2. The Morgan fingerprint density at radius 3 is 2.34 bits per heavy atom. The highest BCUT2D eigenvalue weighted by molar-refractivity contribution is 5.86. The first-order valence-electron chi connectivity index (χ1n) is 12.0. The van der Waals surface area contributed by atoms with Crippen molar-refractivity contribution in [2.24, 2.45) is 5.73 Å². The number of rotatable bonds is 15. The van der Waals surface area contributed by atoms with Gasteiger partial charge in [0.1, 0.15) is 12.5 Å². The molecule has 194 valence electrons. The van der Waals surface area contributed by atoms with Crippen LogP contribution < -0.4 is 16.4 Å². The van der Waals surface area contributed by atoms with Crippen molar-refractivity contribution in [3.05, 3.63) is 47.0 Å². The van der Waals surface area contributed by atoms with Crippen LogP contribution in [0.5, 0.6) is 0 Å². The summed E-state index contributed by atoms with van der Waals surface area (Å²) in [6, 6.07) is 6.39. The van der Waals surface area contributed by atoms with E-state index in [1.54, 1.807) is 13.0 Å². The standard InChI is InChI=1S/C25H37N3O7/c1-2-19(24(33)28-20(23(26)32)11-13-22(30)31)27-21(29)12-8-15-6-9-16(10-7-15)17-4-3-5-18(14-17)25(34)35/h5-7,9-10,17,19-21,24,27-29,33H,2-4,8,11-14H2,1H3,(H2,26,32)(H,30,31)(H,34,35). The summed E-state index contributed by atoms with van der Waals surface area (Å²) in [5, 5.41) is 44.5. The number of aliphatic hydroxyl groups is 2. The van der Waals surface area contributed by atoms with Crippen LogP contribution in [0.25, 0.3) is 0 Å². The number of amides is 1. The van der Waals surface area contributed by atoms with Crippen LogP contribution in [0.4, 0.5) is 0 Å². The van der Waals surface area contributed by atoms with Gasteiger partial charge >= 0.3 is 11.9 Å². The molecule has 0 aromatic heterocycles. The van der Waals surface area contributed by atoms with E-state index in [2.05, 4.69) is 10.6 Å². The number of aliphatic carboxylic acids is 2. The molecule has 1 aromatic rings. The summed E-state index contributed by atoms with van der Waals surface area (Å²) < 4.78 is 0. The van der Waals surface area contributed by atoms with E-state index in [1.165, 1.54) is 0 Å². The molecule has 0 aliphatic heterocycles. The molecule has 2 rings (SSSR count). The molecule has 5 atom stereocenters. The van der Waals surface area contributed by atoms with Crippen LogP contribution in [0.1, 0.15) is 68.9 Å². The Hall–Kier alpha value is -2.79. The van der Waals surface area contributed by atoms with Gasteiger partial charge in [-0.05, 0) is 62.0 Å². The van der Waals surface area contributed by atoms with Gasteiger partial charge < -0.3 is 26.2 Å². The molecule has 0 fully saturated rings. The number of hydrogen-bond acceptors (Lipinski definition) is 7. The number of nitrogens with one attached hydrogen (secondary N) is 2. The minimum Gasteiger partial charge on any atom is -0.481 e. The summed E-state index contributed by atoms with van der Waals surface area (Å²) >= 11 is 0.